The minimum absolute atomic E-state index is 0.639. The van der Waals surface area contributed by atoms with Crippen molar-refractivity contribution in [3.63, 3.8) is 0 Å². The number of hydrogen-bond donors (Lipinski definition) is 1. The van der Waals surface area contributed by atoms with Gasteiger partial charge in [-0.05, 0) is 59.3 Å². The van der Waals surface area contributed by atoms with E-state index in [-0.39, 0.29) is 0 Å². The summed E-state index contributed by atoms with van der Waals surface area (Å²) in [7, 11) is 0. The molecule has 0 aliphatic rings. The van der Waals surface area contributed by atoms with Gasteiger partial charge in [0.05, 0.1) is 3.79 Å². The summed E-state index contributed by atoms with van der Waals surface area (Å²) in [5.41, 5.74) is 5.77. The molecule has 0 radical (unpaired) electrons. The first-order valence-corrected chi connectivity index (χ1v) is 6.67. The summed E-state index contributed by atoms with van der Waals surface area (Å²) in [4.78, 5) is 1.44. The minimum Gasteiger partial charge on any atom is -0.330 e. The molecule has 0 aliphatic carbocycles. The first-order valence-electron chi connectivity index (χ1n) is 5.06. The summed E-state index contributed by atoms with van der Waals surface area (Å²) in [5, 5.41) is 0. The maximum Gasteiger partial charge on any atom is 0.0701 e. The summed E-state index contributed by atoms with van der Waals surface area (Å²) in [6.07, 6.45) is 2.36. The zero-order valence-corrected chi connectivity index (χ0v) is 11.2. The molecule has 0 spiro atoms. The van der Waals surface area contributed by atoms with E-state index in [9.17, 15) is 0 Å². The van der Waals surface area contributed by atoms with Gasteiger partial charge in [0.25, 0.3) is 0 Å². The van der Waals surface area contributed by atoms with E-state index in [1.807, 2.05) is 11.3 Å². The summed E-state index contributed by atoms with van der Waals surface area (Å²) < 4.78 is 1.22. The lowest BCUT2D eigenvalue weighted by atomic mass is 9.94. The van der Waals surface area contributed by atoms with Crippen molar-refractivity contribution in [3.05, 3.63) is 20.8 Å². The van der Waals surface area contributed by atoms with Crippen LogP contribution in [-0.2, 0) is 6.42 Å². The topological polar surface area (TPSA) is 26.0 Å². The van der Waals surface area contributed by atoms with Crippen LogP contribution in [-0.4, -0.2) is 6.54 Å². The molecular formula is C11H18BrNS. The van der Waals surface area contributed by atoms with E-state index >= 15 is 0 Å². The first kappa shape index (κ1) is 12.2. The van der Waals surface area contributed by atoms with Crippen LogP contribution in [0.1, 0.15) is 25.1 Å². The van der Waals surface area contributed by atoms with Crippen molar-refractivity contribution in [2.45, 2.75) is 26.7 Å². The Labute approximate surface area is 98.8 Å². The van der Waals surface area contributed by atoms with Crippen molar-refractivity contribution in [2.75, 3.05) is 6.54 Å². The highest BCUT2D eigenvalue weighted by atomic mass is 79.9. The molecule has 1 rings (SSSR count). The number of rotatable bonds is 5. The molecule has 14 heavy (non-hydrogen) atoms. The molecule has 1 heterocycles. The van der Waals surface area contributed by atoms with Crippen LogP contribution < -0.4 is 5.73 Å². The largest absolute Gasteiger partial charge is 0.330 e. The van der Waals surface area contributed by atoms with Crippen LogP contribution in [0, 0.1) is 11.8 Å². The van der Waals surface area contributed by atoms with Gasteiger partial charge in [0.1, 0.15) is 0 Å². The lowest BCUT2D eigenvalue weighted by Gasteiger charge is -2.15. The van der Waals surface area contributed by atoms with Gasteiger partial charge in [0, 0.05) is 4.88 Å². The molecule has 1 atom stereocenters. The molecule has 3 heteroatoms. The summed E-state index contributed by atoms with van der Waals surface area (Å²) in [6.45, 7) is 5.31. The third kappa shape index (κ3) is 4.11. The highest BCUT2D eigenvalue weighted by Gasteiger charge is 2.11. The molecule has 0 aliphatic heterocycles. The van der Waals surface area contributed by atoms with Crippen molar-refractivity contribution in [3.8, 4) is 0 Å². The molecule has 2 N–H and O–H groups in total. The Balaban J connectivity index is 2.48. The third-order valence-electron chi connectivity index (χ3n) is 2.26. The molecule has 1 unspecified atom stereocenters. The van der Waals surface area contributed by atoms with Crippen LogP contribution in [0.2, 0.25) is 0 Å². The fourth-order valence-corrected chi connectivity index (χ4v) is 3.27. The quantitative estimate of drug-likeness (QED) is 0.872. The maximum absolute atomic E-state index is 5.77. The van der Waals surface area contributed by atoms with Crippen molar-refractivity contribution in [1.82, 2.24) is 0 Å². The third-order valence-corrected chi connectivity index (χ3v) is 3.90. The molecule has 0 aromatic carbocycles. The van der Waals surface area contributed by atoms with Crippen molar-refractivity contribution in [1.29, 1.82) is 0 Å². The fourth-order valence-electron chi connectivity index (χ4n) is 1.68. The lowest BCUT2D eigenvalue weighted by Crippen LogP contribution is -2.18. The second kappa shape index (κ2) is 5.89. The van der Waals surface area contributed by atoms with Gasteiger partial charge in [-0.2, -0.15) is 0 Å². The van der Waals surface area contributed by atoms with E-state index in [1.54, 1.807) is 0 Å². The summed E-state index contributed by atoms with van der Waals surface area (Å²) in [5.74, 6) is 1.38. The molecule has 1 nitrogen and oxygen atoms in total. The van der Waals surface area contributed by atoms with Gasteiger partial charge in [-0.3, -0.25) is 0 Å². The number of halogens is 1. The van der Waals surface area contributed by atoms with Crippen LogP contribution in [0.3, 0.4) is 0 Å². The molecule has 1 aromatic heterocycles. The van der Waals surface area contributed by atoms with E-state index in [1.165, 1.54) is 15.1 Å². The van der Waals surface area contributed by atoms with Crippen molar-refractivity contribution >= 4 is 27.3 Å². The lowest BCUT2D eigenvalue weighted by molar-refractivity contribution is 0.417. The molecule has 0 fully saturated rings. The van der Waals surface area contributed by atoms with Crippen LogP contribution in [0.25, 0.3) is 0 Å². The minimum atomic E-state index is 0.639. The van der Waals surface area contributed by atoms with E-state index in [0.717, 1.165) is 18.9 Å². The van der Waals surface area contributed by atoms with Gasteiger partial charge >= 0.3 is 0 Å². The average Bonchev–Trinajstić information content (AvgIpc) is 2.49. The van der Waals surface area contributed by atoms with Crippen molar-refractivity contribution in [2.24, 2.45) is 17.6 Å². The molecule has 0 amide bonds. The Kier molecular flexibility index (Phi) is 5.13. The zero-order chi connectivity index (χ0) is 10.6. The van der Waals surface area contributed by atoms with E-state index in [2.05, 4.69) is 41.9 Å². The van der Waals surface area contributed by atoms with Crippen LogP contribution in [0.15, 0.2) is 15.9 Å². The molecular weight excluding hydrogens is 258 g/mol. The van der Waals surface area contributed by atoms with Gasteiger partial charge < -0.3 is 5.73 Å². The smallest absolute Gasteiger partial charge is 0.0701 e. The molecule has 0 saturated carbocycles. The van der Waals surface area contributed by atoms with Gasteiger partial charge in [-0.25, -0.2) is 0 Å². The van der Waals surface area contributed by atoms with E-state index in [0.29, 0.717) is 5.92 Å². The SMILES string of the molecule is CC(C)CC(CN)Cc1ccc(Br)s1. The Hall–Kier alpha value is 0.140. The molecule has 0 bridgehead atoms. The van der Waals surface area contributed by atoms with Crippen LogP contribution >= 0.6 is 27.3 Å². The Morgan fingerprint density at radius 2 is 2.14 bits per heavy atom. The standard InChI is InChI=1S/C11H18BrNS/c1-8(2)5-9(7-13)6-10-3-4-11(12)14-10/h3-4,8-9H,5-7,13H2,1-2H3. The summed E-state index contributed by atoms with van der Waals surface area (Å²) in [6, 6.07) is 4.31. The normalized spacial score (nSPS) is 13.5. The monoisotopic (exact) mass is 275 g/mol. The fraction of sp³-hybridized carbons (Fsp3) is 0.636. The second-order valence-corrected chi connectivity index (χ2v) is 6.69. The highest BCUT2D eigenvalue weighted by Crippen LogP contribution is 2.25. The first-order chi connectivity index (χ1) is 6.61. The van der Waals surface area contributed by atoms with E-state index in [4.69, 9.17) is 5.73 Å². The zero-order valence-electron chi connectivity index (χ0n) is 8.79. The Morgan fingerprint density at radius 3 is 2.57 bits per heavy atom. The molecule has 80 valence electrons. The Bertz CT molecular complexity index is 270. The second-order valence-electron chi connectivity index (χ2n) is 4.14. The molecule has 1 aromatic rings. The van der Waals surface area contributed by atoms with Gasteiger partial charge in [0.15, 0.2) is 0 Å². The average molecular weight is 276 g/mol. The number of nitrogens with two attached hydrogens (primary N) is 1. The number of hydrogen-bond acceptors (Lipinski definition) is 2. The number of thiophene rings is 1. The summed E-state index contributed by atoms with van der Waals surface area (Å²) >= 11 is 5.30. The van der Waals surface area contributed by atoms with Gasteiger partial charge in [-0.1, -0.05) is 13.8 Å². The molecule has 0 saturated heterocycles. The Morgan fingerprint density at radius 1 is 1.43 bits per heavy atom. The van der Waals surface area contributed by atoms with Crippen molar-refractivity contribution < 1.29 is 0 Å². The van der Waals surface area contributed by atoms with Gasteiger partial charge in [-0.15, -0.1) is 11.3 Å². The van der Waals surface area contributed by atoms with Crippen LogP contribution in [0.5, 0.6) is 0 Å². The predicted octanol–water partition coefficient (Wildman–Crippen LogP) is 3.67. The van der Waals surface area contributed by atoms with Crippen LogP contribution in [0.4, 0.5) is 0 Å². The predicted molar refractivity (Wildman–Crippen MR) is 67.7 cm³/mol. The van der Waals surface area contributed by atoms with Gasteiger partial charge in [0.2, 0.25) is 0 Å². The maximum atomic E-state index is 5.77. The van der Waals surface area contributed by atoms with E-state index < -0.39 is 0 Å². The highest BCUT2D eigenvalue weighted by molar-refractivity contribution is 9.11.